The minimum atomic E-state index is -0.547. The van der Waals surface area contributed by atoms with Gasteiger partial charge in [0.05, 0.1) is 10.9 Å². The summed E-state index contributed by atoms with van der Waals surface area (Å²) in [6, 6.07) is 1.46. The normalized spacial score (nSPS) is 12.9. The second kappa shape index (κ2) is 9.34. The molecule has 3 N–H and O–H groups in total. The molecule has 27 heavy (non-hydrogen) atoms. The van der Waals surface area contributed by atoms with Gasteiger partial charge in [-0.1, -0.05) is 13.8 Å². The van der Waals surface area contributed by atoms with Crippen LogP contribution in [0.1, 0.15) is 37.6 Å². The van der Waals surface area contributed by atoms with Gasteiger partial charge >= 0.3 is 5.69 Å². The van der Waals surface area contributed by atoms with Gasteiger partial charge in [-0.05, 0) is 25.3 Å². The van der Waals surface area contributed by atoms with Crippen molar-refractivity contribution in [2.75, 3.05) is 6.54 Å². The molecule has 1 atom stereocenters. The van der Waals surface area contributed by atoms with E-state index in [4.69, 9.17) is 5.73 Å². The summed E-state index contributed by atoms with van der Waals surface area (Å²) >= 11 is 0. The first-order valence-corrected chi connectivity index (χ1v) is 8.18. The Morgan fingerprint density at radius 1 is 1.26 bits per heavy atom. The van der Waals surface area contributed by atoms with Crippen molar-refractivity contribution in [1.29, 1.82) is 0 Å². The van der Waals surface area contributed by atoms with E-state index in [1.54, 1.807) is 0 Å². The topological polar surface area (TPSA) is 112 Å². The monoisotopic (exact) mass is 419 g/mol. The zero-order valence-electron chi connectivity index (χ0n) is 16.1. The molecule has 0 radical (unpaired) electrons. The number of carbonyl (C=O) groups is 1. The molecule has 0 saturated heterocycles. The van der Waals surface area contributed by atoms with Crippen molar-refractivity contribution in [3.8, 4) is 0 Å². The predicted molar refractivity (Wildman–Crippen MR) is 111 cm³/mol. The van der Waals surface area contributed by atoms with Crippen LogP contribution in [-0.2, 0) is 14.1 Å². The third-order valence-electron chi connectivity index (χ3n) is 4.28. The van der Waals surface area contributed by atoms with Crippen molar-refractivity contribution < 1.29 is 4.79 Å². The van der Waals surface area contributed by atoms with E-state index in [1.165, 1.54) is 30.9 Å². The number of nitrogens with two attached hydrogens (primary N) is 1. The van der Waals surface area contributed by atoms with Crippen molar-refractivity contribution in [3.05, 3.63) is 38.7 Å². The Hall–Kier alpha value is -1.90. The van der Waals surface area contributed by atoms with Gasteiger partial charge in [0.25, 0.3) is 11.5 Å². The molecular weight excluding hydrogens is 393 g/mol. The summed E-state index contributed by atoms with van der Waals surface area (Å²) < 4.78 is 2.27. The molecule has 2 aromatic rings. The quantitative estimate of drug-likeness (QED) is 0.749. The van der Waals surface area contributed by atoms with E-state index < -0.39 is 16.8 Å². The van der Waals surface area contributed by atoms with Gasteiger partial charge in [0.15, 0.2) is 0 Å². The molecule has 1 amide bonds. The number of pyridine rings is 1. The van der Waals surface area contributed by atoms with E-state index >= 15 is 0 Å². The Bertz CT molecular complexity index is 939. The van der Waals surface area contributed by atoms with Crippen LogP contribution < -0.4 is 22.3 Å². The van der Waals surface area contributed by atoms with E-state index in [9.17, 15) is 14.4 Å². The molecule has 2 heterocycles. The number of nitrogens with zero attached hydrogens (tertiary/aromatic N) is 3. The molecule has 0 fully saturated rings. The van der Waals surface area contributed by atoms with Gasteiger partial charge in [0.2, 0.25) is 0 Å². The zero-order chi connectivity index (χ0) is 18.9. The van der Waals surface area contributed by atoms with Crippen LogP contribution in [0.2, 0.25) is 0 Å². The lowest BCUT2D eigenvalue weighted by molar-refractivity contribution is 0.0898. The summed E-state index contributed by atoms with van der Waals surface area (Å²) in [5.41, 5.74) is 4.84. The number of aryl methyl sites for hydroxylation is 1. The maximum atomic E-state index is 12.6. The summed E-state index contributed by atoms with van der Waals surface area (Å²) in [6.45, 7) is 6.31. The summed E-state index contributed by atoms with van der Waals surface area (Å²) in [7, 11) is 2.93. The van der Waals surface area contributed by atoms with Crippen LogP contribution in [0.4, 0.5) is 0 Å². The number of hydrogen-bond donors (Lipinski definition) is 2. The number of hydrogen-bond acceptors (Lipinski definition) is 5. The molecule has 10 heteroatoms. The predicted octanol–water partition coefficient (Wildman–Crippen LogP) is 0.969. The molecular formula is C17H27Cl2N5O3. The van der Waals surface area contributed by atoms with Gasteiger partial charge in [-0.15, -0.1) is 24.8 Å². The molecule has 0 saturated carbocycles. The molecule has 0 aliphatic carbocycles. The van der Waals surface area contributed by atoms with Crippen LogP contribution in [0.5, 0.6) is 0 Å². The Balaban J connectivity index is 0.00000338. The zero-order valence-corrected chi connectivity index (χ0v) is 17.7. The van der Waals surface area contributed by atoms with Crippen molar-refractivity contribution in [3.63, 3.8) is 0 Å². The lowest BCUT2D eigenvalue weighted by Crippen LogP contribution is -2.52. The molecule has 0 aromatic carbocycles. The fourth-order valence-electron chi connectivity index (χ4n) is 3.02. The number of nitrogens with one attached hydrogen (secondary N) is 1. The van der Waals surface area contributed by atoms with Crippen LogP contribution in [0.3, 0.4) is 0 Å². The van der Waals surface area contributed by atoms with E-state index in [-0.39, 0.29) is 47.3 Å². The summed E-state index contributed by atoms with van der Waals surface area (Å²) in [5, 5.41) is 3.15. The second-order valence-corrected chi connectivity index (χ2v) is 7.12. The molecule has 0 spiro atoms. The van der Waals surface area contributed by atoms with Crippen molar-refractivity contribution in [2.24, 2.45) is 25.7 Å². The first-order valence-electron chi connectivity index (χ1n) is 8.18. The molecule has 0 aliphatic rings. The first kappa shape index (κ1) is 25.1. The highest BCUT2D eigenvalue weighted by Crippen LogP contribution is 2.16. The molecule has 0 aliphatic heterocycles. The SMILES string of the molecule is CC(C)CC(C)(CN)NC(=O)c1cnc2c(c1)c(=O)n(C)c(=O)n2C.Cl.Cl. The van der Waals surface area contributed by atoms with E-state index in [2.05, 4.69) is 24.1 Å². The molecule has 0 bridgehead atoms. The largest absolute Gasteiger partial charge is 0.346 e. The smallest absolute Gasteiger partial charge is 0.332 e. The van der Waals surface area contributed by atoms with Gasteiger partial charge in [-0.2, -0.15) is 0 Å². The summed E-state index contributed by atoms with van der Waals surface area (Å²) in [6.07, 6.45) is 2.09. The van der Waals surface area contributed by atoms with Gasteiger partial charge in [0, 0.05) is 32.4 Å². The van der Waals surface area contributed by atoms with Crippen molar-refractivity contribution in [2.45, 2.75) is 32.7 Å². The number of carbonyl (C=O) groups excluding carboxylic acids is 1. The van der Waals surface area contributed by atoms with Gasteiger partial charge in [-0.25, -0.2) is 9.78 Å². The maximum Gasteiger partial charge on any atom is 0.332 e. The van der Waals surface area contributed by atoms with Gasteiger partial charge in [0.1, 0.15) is 5.65 Å². The Labute approximate surface area is 170 Å². The van der Waals surface area contributed by atoms with Crippen LogP contribution in [-0.4, -0.2) is 32.1 Å². The Morgan fingerprint density at radius 2 is 1.85 bits per heavy atom. The standard InChI is InChI=1S/C17H25N5O3.2ClH/c1-10(2)7-17(3,9-18)20-14(23)11-6-12-13(19-8-11)21(4)16(25)22(5)15(12)24;;/h6,8,10H,7,9,18H2,1-5H3,(H,20,23);2*1H. The van der Waals surface area contributed by atoms with E-state index in [0.29, 0.717) is 12.5 Å². The summed E-state index contributed by atoms with van der Waals surface area (Å²) in [4.78, 5) is 41.0. The highest BCUT2D eigenvalue weighted by molar-refractivity contribution is 5.97. The highest BCUT2D eigenvalue weighted by Gasteiger charge is 2.26. The van der Waals surface area contributed by atoms with E-state index in [0.717, 1.165) is 11.0 Å². The van der Waals surface area contributed by atoms with Crippen molar-refractivity contribution >= 4 is 41.8 Å². The lowest BCUT2D eigenvalue weighted by Gasteiger charge is -2.31. The number of halogens is 2. The third-order valence-corrected chi connectivity index (χ3v) is 4.28. The van der Waals surface area contributed by atoms with E-state index in [1.807, 2.05) is 6.92 Å². The van der Waals surface area contributed by atoms with Gasteiger partial charge in [-0.3, -0.25) is 18.7 Å². The number of fused-ring (bicyclic) bond motifs is 1. The third kappa shape index (κ3) is 5.09. The highest BCUT2D eigenvalue weighted by atomic mass is 35.5. The first-order chi connectivity index (χ1) is 11.6. The minimum absolute atomic E-state index is 0. The number of aromatic nitrogens is 3. The molecule has 2 rings (SSSR count). The number of amides is 1. The van der Waals surface area contributed by atoms with Gasteiger partial charge < -0.3 is 11.1 Å². The molecule has 8 nitrogen and oxygen atoms in total. The second-order valence-electron chi connectivity index (χ2n) is 7.12. The lowest BCUT2D eigenvalue weighted by atomic mass is 9.90. The van der Waals surface area contributed by atoms with Crippen LogP contribution >= 0.6 is 24.8 Å². The van der Waals surface area contributed by atoms with Crippen LogP contribution in [0, 0.1) is 5.92 Å². The minimum Gasteiger partial charge on any atom is -0.346 e. The Morgan fingerprint density at radius 3 is 2.37 bits per heavy atom. The van der Waals surface area contributed by atoms with Crippen LogP contribution in [0.15, 0.2) is 21.9 Å². The van der Waals surface area contributed by atoms with Crippen LogP contribution in [0.25, 0.3) is 11.0 Å². The summed E-state index contributed by atoms with van der Waals surface area (Å²) in [5.74, 6) is 0.0179. The van der Waals surface area contributed by atoms with Crippen molar-refractivity contribution in [1.82, 2.24) is 19.4 Å². The molecule has 152 valence electrons. The average molecular weight is 420 g/mol. The fourth-order valence-corrected chi connectivity index (χ4v) is 3.02. The maximum absolute atomic E-state index is 12.6. The number of rotatable bonds is 5. The average Bonchev–Trinajstić information content (AvgIpc) is 2.56. The molecule has 2 aromatic heterocycles. The fraction of sp³-hybridized carbons (Fsp3) is 0.529. The molecule has 1 unspecified atom stereocenters. The Kier molecular flexibility index (Phi) is 8.69.